The van der Waals surface area contributed by atoms with Crippen LogP contribution in [0.3, 0.4) is 0 Å². The average Bonchev–Trinajstić information content (AvgIpc) is 2.25. The average molecular weight is 307 g/mol. The Kier molecular flexibility index (Phi) is 4.66. The number of ether oxygens (including phenoxy) is 1. The van der Waals surface area contributed by atoms with E-state index in [1.807, 2.05) is 0 Å². The van der Waals surface area contributed by atoms with Gasteiger partial charge in [-0.05, 0) is 18.5 Å². The molecule has 0 fully saturated rings. The third kappa shape index (κ3) is 4.30. The van der Waals surface area contributed by atoms with Crippen LogP contribution >= 0.6 is 11.6 Å². The van der Waals surface area contributed by atoms with E-state index in [9.17, 15) is 22.0 Å². The summed E-state index contributed by atoms with van der Waals surface area (Å²) < 4.78 is 65.1. The molecular weight excluding hydrogens is 299 g/mol. The second-order valence-electron chi connectivity index (χ2n) is 3.23. The predicted octanol–water partition coefficient (Wildman–Crippen LogP) is 2.53. The first-order chi connectivity index (χ1) is 8.65. The molecule has 1 rings (SSSR count). The third-order valence-corrected chi connectivity index (χ3v) is 1.89. The van der Waals surface area contributed by atoms with E-state index in [0.717, 1.165) is 0 Å². The van der Waals surface area contributed by atoms with Crippen molar-refractivity contribution in [3.63, 3.8) is 0 Å². The number of hydrogen-bond donors (Lipinski definition) is 1. The fourth-order valence-electron chi connectivity index (χ4n) is 0.871. The molecule has 0 aliphatic heterocycles. The molecule has 108 valence electrons. The lowest BCUT2D eigenvalue weighted by Gasteiger charge is -2.19. The lowest BCUT2D eigenvalue weighted by Crippen LogP contribution is -2.42. The van der Waals surface area contributed by atoms with E-state index in [1.54, 1.807) is 6.92 Å². The molecule has 19 heavy (non-hydrogen) atoms. The molecule has 0 aromatic carbocycles. The molecule has 0 bridgehead atoms. The maximum absolute atomic E-state index is 12.6. The lowest BCUT2D eigenvalue weighted by molar-refractivity contribution is -0.290. The van der Waals surface area contributed by atoms with Crippen LogP contribution in [0, 0.1) is 0 Å². The number of nitrogens with zero attached hydrogens (tertiary/aromatic N) is 3. The van der Waals surface area contributed by atoms with Gasteiger partial charge in [-0.3, -0.25) is 0 Å². The summed E-state index contributed by atoms with van der Waals surface area (Å²) in [5.41, 5.74) is 0. The van der Waals surface area contributed by atoms with Crippen LogP contribution in [0.4, 0.5) is 27.9 Å². The van der Waals surface area contributed by atoms with E-state index in [4.69, 9.17) is 11.6 Å². The van der Waals surface area contributed by atoms with Gasteiger partial charge in [0.15, 0.2) is 6.61 Å². The maximum atomic E-state index is 12.6. The second-order valence-corrected chi connectivity index (χ2v) is 3.57. The quantitative estimate of drug-likeness (QED) is 0.847. The first-order valence-electron chi connectivity index (χ1n) is 4.88. The Balaban J connectivity index is 2.78. The Morgan fingerprint density at radius 3 is 2.32 bits per heavy atom. The summed E-state index contributed by atoms with van der Waals surface area (Å²) >= 11 is 5.43. The van der Waals surface area contributed by atoms with E-state index in [1.165, 1.54) is 0 Å². The first-order valence-corrected chi connectivity index (χ1v) is 5.26. The number of aromatic nitrogens is 3. The lowest BCUT2D eigenvalue weighted by atomic mass is 10.3. The van der Waals surface area contributed by atoms with Gasteiger partial charge in [0.05, 0.1) is 0 Å². The van der Waals surface area contributed by atoms with E-state index in [2.05, 4.69) is 25.0 Å². The van der Waals surface area contributed by atoms with Gasteiger partial charge in [-0.1, -0.05) is 0 Å². The number of nitrogens with one attached hydrogen (secondary N) is 1. The second kappa shape index (κ2) is 5.68. The van der Waals surface area contributed by atoms with Crippen molar-refractivity contribution in [1.29, 1.82) is 0 Å². The van der Waals surface area contributed by atoms with Crippen LogP contribution in [0.25, 0.3) is 0 Å². The van der Waals surface area contributed by atoms with Crippen molar-refractivity contribution in [1.82, 2.24) is 15.0 Å². The molecule has 0 aliphatic carbocycles. The SMILES string of the molecule is CCNc1nc(Cl)nc(OCC(F)(F)C(F)(F)F)n1. The molecule has 0 unspecified atom stereocenters. The molecule has 0 aliphatic rings. The molecular formula is C8H8ClF5N4O. The van der Waals surface area contributed by atoms with Crippen molar-refractivity contribution >= 4 is 17.5 Å². The monoisotopic (exact) mass is 306 g/mol. The highest BCUT2D eigenvalue weighted by atomic mass is 35.5. The fraction of sp³-hybridized carbons (Fsp3) is 0.625. The summed E-state index contributed by atoms with van der Waals surface area (Å²) in [5, 5.41) is 2.19. The van der Waals surface area contributed by atoms with Gasteiger partial charge in [-0.2, -0.15) is 36.9 Å². The van der Waals surface area contributed by atoms with Gasteiger partial charge in [-0.15, -0.1) is 0 Å². The third-order valence-electron chi connectivity index (χ3n) is 1.72. The first kappa shape index (κ1) is 15.6. The molecule has 11 heteroatoms. The Hall–Kier alpha value is -1.45. The van der Waals surface area contributed by atoms with Crippen LogP contribution < -0.4 is 10.1 Å². The fourth-order valence-corrected chi connectivity index (χ4v) is 1.02. The Morgan fingerprint density at radius 2 is 1.79 bits per heavy atom. The largest absolute Gasteiger partial charge is 0.456 e. The number of anilines is 1. The molecule has 0 atom stereocenters. The topological polar surface area (TPSA) is 59.9 Å². The normalized spacial score (nSPS) is 12.4. The number of rotatable bonds is 5. The number of hydrogen-bond acceptors (Lipinski definition) is 5. The zero-order chi connectivity index (χ0) is 14.7. The highest BCUT2D eigenvalue weighted by Gasteiger charge is 2.58. The predicted molar refractivity (Wildman–Crippen MR) is 55.5 cm³/mol. The minimum atomic E-state index is -5.71. The van der Waals surface area contributed by atoms with E-state index in [0.29, 0.717) is 6.54 Å². The van der Waals surface area contributed by atoms with Gasteiger partial charge in [0.25, 0.3) is 0 Å². The van der Waals surface area contributed by atoms with Gasteiger partial charge in [0.2, 0.25) is 11.2 Å². The molecule has 0 spiro atoms. The summed E-state index contributed by atoms with van der Waals surface area (Å²) in [6.45, 7) is 0.136. The highest BCUT2D eigenvalue weighted by Crippen LogP contribution is 2.35. The van der Waals surface area contributed by atoms with Gasteiger partial charge < -0.3 is 10.1 Å². The summed E-state index contributed by atoms with van der Waals surface area (Å²) in [4.78, 5) is 10.3. The Labute approximate surface area is 109 Å². The highest BCUT2D eigenvalue weighted by molar-refractivity contribution is 6.28. The standard InChI is InChI=1S/C8H8ClF5N4O/c1-2-15-5-16-4(9)17-6(18-5)19-3-7(10,11)8(12,13)14/h2-3H2,1H3,(H,15,16,17,18). The van der Waals surface area contributed by atoms with Crippen LogP contribution in [-0.4, -0.2) is 40.2 Å². The van der Waals surface area contributed by atoms with Crippen LogP contribution in [0.15, 0.2) is 0 Å². The van der Waals surface area contributed by atoms with Crippen LogP contribution in [0.5, 0.6) is 6.01 Å². The molecule has 0 radical (unpaired) electrons. The molecule has 0 saturated carbocycles. The molecule has 5 nitrogen and oxygen atoms in total. The van der Waals surface area contributed by atoms with Crippen molar-refractivity contribution < 1.29 is 26.7 Å². The van der Waals surface area contributed by atoms with E-state index >= 15 is 0 Å². The van der Waals surface area contributed by atoms with E-state index < -0.39 is 30.0 Å². The van der Waals surface area contributed by atoms with Crippen LogP contribution in [0.2, 0.25) is 5.28 Å². The zero-order valence-corrected chi connectivity index (χ0v) is 10.2. The smallest absolute Gasteiger partial charge is 0.456 e. The summed E-state index contributed by atoms with van der Waals surface area (Å²) in [6, 6.07) is -0.722. The molecule has 1 heterocycles. The Bertz CT molecular complexity index is 442. The van der Waals surface area contributed by atoms with Crippen molar-refractivity contribution in [2.24, 2.45) is 0 Å². The van der Waals surface area contributed by atoms with Gasteiger partial charge in [-0.25, -0.2) is 0 Å². The summed E-state index contributed by atoms with van der Waals surface area (Å²) in [6.07, 6.45) is -5.71. The minimum Gasteiger partial charge on any atom is -0.456 e. The molecule has 1 N–H and O–H groups in total. The van der Waals surface area contributed by atoms with Crippen LogP contribution in [-0.2, 0) is 0 Å². The molecule has 0 amide bonds. The molecule has 1 aromatic heterocycles. The number of halogens is 6. The van der Waals surface area contributed by atoms with Crippen molar-refractivity contribution in [3.8, 4) is 6.01 Å². The molecule has 0 saturated heterocycles. The zero-order valence-electron chi connectivity index (χ0n) is 9.43. The van der Waals surface area contributed by atoms with E-state index in [-0.39, 0.29) is 5.95 Å². The summed E-state index contributed by atoms with van der Waals surface area (Å²) in [7, 11) is 0. The van der Waals surface area contributed by atoms with Crippen molar-refractivity contribution in [2.75, 3.05) is 18.5 Å². The van der Waals surface area contributed by atoms with Crippen molar-refractivity contribution in [3.05, 3.63) is 5.28 Å². The van der Waals surface area contributed by atoms with Crippen molar-refractivity contribution in [2.45, 2.75) is 19.0 Å². The Morgan fingerprint density at radius 1 is 1.16 bits per heavy atom. The van der Waals surface area contributed by atoms with Gasteiger partial charge in [0.1, 0.15) is 0 Å². The number of alkyl halides is 5. The maximum Gasteiger partial charge on any atom is 0.456 e. The molecule has 1 aromatic rings. The summed E-state index contributed by atoms with van der Waals surface area (Å²) in [5.74, 6) is -5.10. The minimum absolute atomic E-state index is 0.0900. The van der Waals surface area contributed by atoms with Gasteiger partial charge >= 0.3 is 18.1 Å². The van der Waals surface area contributed by atoms with Crippen LogP contribution in [0.1, 0.15) is 6.92 Å². The van der Waals surface area contributed by atoms with Gasteiger partial charge in [0, 0.05) is 6.54 Å².